The van der Waals surface area contributed by atoms with Crippen LogP contribution in [-0.2, 0) is 28.6 Å². The first-order valence-electron chi connectivity index (χ1n) is 31.2. The van der Waals surface area contributed by atoms with Gasteiger partial charge in [0.25, 0.3) is 0 Å². The van der Waals surface area contributed by atoms with Gasteiger partial charge >= 0.3 is 17.9 Å². The van der Waals surface area contributed by atoms with Crippen LogP contribution in [0.1, 0.15) is 271 Å². The Hall–Kier alpha value is -4.45. The zero-order valence-electron chi connectivity index (χ0n) is 49.2. The topological polar surface area (TPSA) is 78.9 Å². The lowest BCUT2D eigenvalue weighted by atomic mass is 10.0. The molecule has 76 heavy (non-hydrogen) atoms. The van der Waals surface area contributed by atoms with E-state index in [4.69, 9.17) is 14.2 Å². The lowest BCUT2D eigenvalue weighted by Gasteiger charge is -2.18. The van der Waals surface area contributed by atoms with Gasteiger partial charge in [-0.05, 0) is 116 Å². The number of carbonyl (C=O) groups excluding carboxylic acids is 3. The third kappa shape index (κ3) is 60.4. The molecule has 0 saturated carbocycles. The quantitative estimate of drug-likeness (QED) is 0.0261. The molecule has 0 fully saturated rings. The Kier molecular flexibility index (Phi) is 59.4. The average Bonchev–Trinajstić information content (AvgIpc) is 3.42. The summed E-state index contributed by atoms with van der Waals surface area (Å²) in [7, 11) is 0. The van der Waals surface area contributed by atoms with Crippen LogP contribution in [0.2, 0.25) is 0 Å². The summed E-state index contributed by atoms with van der Waals surface area (Å²) in [5.74, 6) is -0.939. The molecule has 0 aliphatic heterocycles. The van der Waals surface area contributed by atoms with Crippen molar-refractivity contribution < 1.29 is 28.6 Å². The normalized spacial score (nSPS) is 13.0. The van der Waals surface area contributed by atoms with Crippen molar-refractivity contribution >= 4 is 17.9 Å². The Morgan fingerprint density at radius 1 is 0.276 bits per heavy atom. The zero-order chi connectivity index (χ0) is 55.0. The van der Waals surface area contributed by atoms with Crippen molar-refractivity contribution in [1.82, 2.24) is 0 Å². The largest absolute Gasteiger partial charge is 0.462 e. The first kappa shape index (κ1) is 71.5. The SMILES string of the molecule is CC/C=C\C/C=C\C/C=C\C/C=C\C/C=C\C/C=C\CCCCCCC(=O)OCC(COC(=O)CCCCCCCCCCCCCCCC)OC(=O)CCCCCCC/C=C\C/C=C\C/C=C\C/C=C\C/C=C\CC. The molecule has 0 radical (unpaired) electrons. The van der Waals surface area contributed by atoms with Crippen molar-refractivity contribution in [2.75, 3.05) is 13.2 Å². The number of hydrogen-bond donors (Lipinski definition) is 0. The van der Waals surface area contributed by atoms with E-state index in [0.29, 0.717) is 19.3 Å². The summed E-state index contributed by atoms with van der Waals surface area (Å²) >= 11 is 0. The van der Waals surface area contributed by atoms with Gasteiger partial charge in [0.05, 0.1) is 0 Å². The van der Waals surface area contributed by atoms with Crippen molar-refractivity contribution in [3.05, 3.63) is 134 Å². The molecule has 0 aromatic carbocycles. The third-order valence-corrected chi connectivity index (χ3v) is 12.9. The average molecular weight is 1050 g/mol. The predicted molar refractivity (Wildman–Crippen MR) is 329 cm³/mol. The molecular formula is C70H114O6. The molecule has 1 atom stereocenters. The molecule has 0 aliphatic carbocycles. The van der Waals surface area contributed by atoms with E-state index in [1.54, 1.807) is 0 Å². The van der Waals surface area contributed by atoms with Gasteiger partial charge in [-0.25, -0.2) is 0 Å². The van der Waals surface area contributed by atoms with E-state index in [2.05, 4.69) is 154 Å². The lowest BCUT2D eigenvalue weighted by Crippen LogP contribution is -2.30. The van der Waals surface area contributed by atoms with Crippen LogP contribution in [0.5, 0.6) is 0 Å². The fraction of sp³-hybridized carbons (Fsp3) is 0.643. The van der Waals surface area contributed by atoms with Crippen LogP contribution < -0.4 is 0 Å². The highest BCUT2D eigenvalue weighted by atomic mass is 16.6. The molecule has 0 heterocycles. The highest BCUT2D eigenvalue weighted by Gasteiger charge is 2.19. The Morgan fingerprint density at radius 3 is 0.803 bits per heavy atom. The number of allylic oxidation sites excluding steroid dienone is 22. The van der Waals surface area contributed by atoms with Gasteiger partial charge in [0.1, 0.15) is 13.2 Å². The van der Waals surface area contributed by atoms with Crippen LogP contribution in [0.15, 0.2) is 134 Å². The van der Waals surface area contributed by atoms with E-state index in [0.717, 1.165) is 161 Å². The molecule has 0 rings (SSSR count). The number of ether oxygens (including phenoxy) is 3. The smallest absolute Gasteiger partial charge is 0.306 e. The molecule has 6 heteroatoms. The summed E-state index contributed by atoms with van der Waals surface area (Å²) in [5.41, 5.74) is 0. The van der Waals surface area contributed by atoms with Crippen LogP contribution in [0.25, 0.3) is 0 Å². The number of rotatable bonds is 55. The minimum Gasteiger partial charge on any atom is -0.462 e. The minimum absolute atomic E-state index is 0.0964. The van der Waals surface area contributed by atoms with E-state index in [1.807, 2.05) is 0 Å². The molecule has 430 valence electrons. The van der Waals surface area contributed by atoms with Crippen molar-refractivity contribution in [3.63, 3.8) is 0 Å². The van der Waals surface area contributed by atoms with Gasteiger partial charge in [-0.2, -0.15) is 0 Å². The molecule has 6 nitrogen and oxygen atoms in total. The van der Waals surface area contributed by atoms with Crippen LogP contribution in [0.3, 0.4) is 0 Å². The predicted octanol–water partition coefficient (Wildman–Crippen LogP) is 21.4. The van der Waals surface area contributed by atoms with Crippen molar-refractivity contribution in [3.8, 4) is 0 Å². The van der Waals surface area contributed by atoms with Gasteiger partial charge in [0.2, 0.25) is 0 Å². The zero-order valence-corrected chi connectivity index (χ0v) is 49.2. The number of hydrogen-bond acceptors (Lipinski definition) is 6. The first-order valence-corrected chi connectivity index (χ1v) is 31.2. The van der Waals surface area contributed by atoms with Crippen LogP contribution in [-0.4, -0.2) is 37.2 Å². The van der Waals surface area contributed by atoms with Crippen molar-refractivity contribution in [2.45, 2.75) is 277 Å². The maximum absolute atomic E-state index is 12.9. The van der Waals surface area contributed by atoms with Crippen molar-refractivity contribution in [2.24, 2.45) is 0 Å². The van der Waals surface area contributed by atoms with E-state index in [-0.39, 0.29) is 31.1 Å². The molecule has 1 unspecified atom stereocenters. The fourth-order valence-corrected chi connectivity index (χ4v) is 8.30. The summed E-state index contributed by atoms with van der Waals surface area (Å²) in [4.78, 5) is 38.3. The number of carbonyl (C=O) groups is 3. The molecule has 0 saturated heterocycles. The van der Waals surface area contributed by atoms with Crippen LogP contribution in [0.4, 0.5) is 0 Å². The van der Waals surface area contributed by atoms with Crippen molar-refractivity contribution in [1.29, 1.82) is 0 Å². The van der Waals surface area contributed by atoms with Gasteiger partial charge < -0.3 is 14.2 Å². The van der Waals surface area contributed by atoms with Gasteiger partial charge in [0, 0.05) is 19.3 Å². The molecule has 0 N–H and O–H groups in total. The Balaban J connectivity index is 4.48. The Labute approximate surface area is 468 Å². The van der Waals surface area contributed by atoms with E-state index < -0.39 is 6.10 Å². The molecule has 0 bridgehead atoms. The maximum Gasteiger partial charge on any atom is 0.306 e. The second-order valence-electron chi connectivity index (χ2n) is 20.2. The first-order chi connectivity index (χ1) is 37.5. The van der Waals surface area contributed by atoms with E-state index in [9.17, 15) is 14.4 Å². The summed E-state index contributed by atoms with van der Waals surface area (Å²) in [5, 5.41) is 0. The second kappa shape index (κ2) is 63.1. The second-order valence-corrected chi connectivity index (χ2v) is 20.2. The maximum atomic E-state index is 12.9. The molecule has 0 aliphatic rings. The summed E-state index contributed by atoms with van der Waals surface area (Å²) in [6, 6.07) is 0. The minimum atomic E-state index is -0.804. The number of unbranched alkanes of at least 4 members (excludes halogenated alkanes) is 22. The monoisotopic (exact) mass is 1050 g/mol. The summed E-state index contributed by atoms with van der Waals surface area (Å²) < 4.78 is 16.9. The molecule has 0 amide bonds. The highest BCUT2D eigenvalue weighted by molar-refractivity contribution is 5.71. The van der Waals surface area contributed by atoms with E-state index in [1.165, 1.54) is 70.6 Å². The van der Waals surface area contributed by atoms with Gasteiger partial charge in [-0.3, -0.25) is 14.4 Å². The lowest BCUT2D eigenvalue weighted by molar-refractivity contribution is -0.167. The fourth-order valence-electron chi connectivity index (χ4n) is 8.30. The standard InChI is InChI=1S/C70H114O6/c1-4-7-10-13-16-19-22-25-28-30-32-34-35-37-38-40-42-45-48-51-54-57-60-63-69(72)75-66-67(65-74-68(71)62-59-56-53-50-47-44-27-24-21-18-15-12-9-6-3)76-70(73)64-61-58-55-52-49-46-43-41-39-36-33-31-29-26-23-20-17-14-11-8-5-2/h7-8,10-11,16-17,19-20,25-26,28-29,32-34,36-38,41-43,45,67H,4-6,9,12-15,18,21-24,27,30-31,35,39-40,44,46-66H2,1-3H3/b10-7-,11-8-,19-16-,20-17-,28-25-,29-26-,34-32-,36-33-,38-37-,43-41-,45-42-. The molecular weight excluding hydrogens is 937 g/mol. The van der Waals surface area contributed by atoms with E-state index >= 15 is 0 Å². The summed E-state index contributed by atoms with van der Waals surface area (Å²) in [6.07, 6.45) is 88.7. The Morgan fingerprint density at radius 2 is 0.513 bits per heavy atom. The highest BCUT2D eigenvalue weighted by Crippen LogP contribution is 2.15. The van der Waals surface area contributed by atoms with Crippen LogP contribution in [0, 0.1) is 0 Å². The van der Waals surface area contributed by atoms with Crippen LogP contribution >= 0.6 is 0 Å². The van der Waals surface area contributed by atoms with Gasteiger partial charge in [-0.15, -0.1) is 0 Å². The molecule has 0 aromatic rings. The third-order valence-electron chi connectivity index (χ3n) is 12.9. The Bertz CT molecular complexity index is 1630. The summed E-state index contributed by atoms with van der Waals surface area (Å²) in [6.45, 7) is 6.38. The van der Waals surface area contributed by atoms with Gasteiger partial charge in [0.15, 0.2) is 6.10 Å². The molecule has 0 spiro atoms. The number of esters is 3. The van der Waals surface area contributed by atoms with Gasteiger partial charge in [-0.1, -0.05) is 270 Å². The molecule has 0 aromatic heterocycles.